The van der Waals surface area contributed by atoms with E-state index in [2.05, 4.69) is 78.2 Å². The van der Waals surface area contributed by atoms with Crippen LogP contribution in [-0.2, 0) is 19.5 Å². The first-order valence-corrected chi connectivity index (χ1v) is 11.6. The Morgan fingerprint density at radius 3 is 2.15 bits per heavy atom. The Kier molecular flexibility index (Phi) is 5.95. The zero-order valence-electron chi connectivity index (χ0n) is 18.9. The van der Waals surface area contributed by atoms with Gasteiger partial charge in [-0.3, -0.25) is 4.79 Å². The molecule has 1 heterocycles. The van der Waals surface area contributed by atoms with Crippen LogP contribution in [-0.4, -0.2) is 21.9 Å². The van der Waals surface area contributed by atoms with E-state index in [1.807, 2.05) is 41.3 Å². The Hall–Kier alpha value is -3.85. The molecule has 0 N–H and O–H groups in total. The minimum absolute atomic E-state index is 0.0719. The summed E-state index contributed by atoms with van der Waals surface area (Å²) in [5.74, 6) is 0.0719. The average molecular weight is 433 g/mol. The van der Waals surface area contributed by atoms with Gasteiger partial charge < -0.3 is 9.47 Å². The second kappa shape index (κ2) is 9.33. The van der Waals surface area contributed by atoms with Gasteiger partial charge in [-0.25, -0.2) is 0 Å². The summed E-state index contributed by atoms with van der Waals surface area (Å²) in [5.41, 5.74) is 5.62. The molecule has 4 aromatic carbocycles. The summed E-state index contributed by atoms with van der Waals surface area (Å²) in [7, 11) is 0. The molecule has 1 aromatic heterocycles. The minimum Gasteiger partial charge on any atom is -0.341 e. The number of hydrogen-bond donors (Lipinski definition) is 0. The number of nitrogens with zero attached hydrogens (tertiary/aromatic N) is 2. The van der Waals surface area contributed by atoms with Crippen molar-refractivity contribution in [2.24, 2.45) is 0 Å². The molecule has 0 aliphatic carbocycles. The Balaban J connectivity index is 1.49. The van der Waals surface area contributed by atoms with Crippen molar-refractivity contribution in [3.8, 4) is 0 Å². The van der Waals surface area contributed by atoms with Crippen molar-refractivity contribution in [1.29, 1.82) is 0 Å². The molecule has 5 rings (SSSR count). The first-order valence-electron chi connectivity index (χ1n) is 11.6. The van der Waals surface area contributed by atoms with Crippen LogP contribution in [0.3, 0.4) is 0 Å². The van der Waals surface area contributed by atoms with Gasteiger partial charge in [-0.15, -0.1) is 0 Å². The number of para-hydroxylation sites is 1. The molecule has 0 aliphatic rings. The first-order chi connectivity index (χ1) is 16.2. The summed E-state index contributed by atoms with van der Waals surface area (Å²) < 4.78 is 2.36. The van der Waals surface area contributed by atoms with E-state index in [9.17, 15) is 4.79 Å². The van der Waals surface area contributed by atoms with Crippen LogP contribution in [0.15, 0.2) is 103 Å². The maximum atomic E-state index is 13.4. The predicted octanol–water partition coefficient (Wildman–Crippen LogP) is 6.70. The monoisotopic (exact) mass is 432 g/mol. The number of carbonyl (C=O) groups is 1. The Bertz CT molecular complexity index is 1390. The third-order valence-corrected chi connectivity index (χ3v) is 6.35. The third kappa shape index (κ3) is 4.27. The number of carbonyl (C=O) groups excluding carboxylic acids is 1. The van der Waals surface area contributed by atoms with E-state index in [1.54, 1.807) is 0 Å². The largest absolute Gasteiger partial charge is 0.341 e. The van der Waals surface area contributed by atoms with Crippen LogP contribution in [0.1, 0.15) is 28.4 Å². The molecule has 0 saturated heterocycles. The van der Waals surface area contributed by atoms with Crippen LogP contribution in [0, 0.1) is 0 Å². The van der Waals surface area contributed by atoms with Crippen molar-refractivity contribution >= 4 is 27.7 Å². The van der Waals surface area contributed by atoms with E-state index in [4.69, 9.17) is 0 Å². The van der Waals surface area contributed by atoms with Gasteiger partial charge in [0.1, 0.15) is 0 Å². The highest BCUT2D eigenvalue weighted by Crippen LogP contribution is 2.30. The molecule has 1 amide bonds. The number of benzene rings is 4. The van der Waals surface area contributed by atoms with Crippen molar-refractivity contribution in [2.75, 3.05) is 6.54 Å². The molecule has 0 radical (unpaired) electrons. The number of rotatable bonds is 7. The quantitative estimate of drug-likeness (QED) is 0.281. The zero-order valence-corrected chi connectivity index (χ0v) is 18.9. The van der Waals surface area contributed by atoms with Crippen LogP contribution in [0.2, 0.25) is 0 Å². The topological polar surface area (TPSA) is 25.2 Å². The number of fused-ring (bicyclic) bond motifs is 3. The van der Waals surface area contributed by atoms with Crippen molar-refractivity contribution in [2.45, 2.75) is 26.4 Å². The molecule has 0 saturated carbocycles. The average Bonchev–Trinajstić information content (AvgIpc) is 3.20. The summed E-state index contributed by atoms with van der Waals surface area (Å²) in [6.45, 7) is 4.37. The molecular weight excluding hydrogens is 404 g/mol. The van der Waals surface area contributed by atoms with Gasteiger partial charge in [0.15, 0.2) is 0 Å². The van der Waals surface area contributed by atoms with Gasteiger partial charge in [-0.1, -0.05) is 72.8 Å². The van der Waals surface area contributed by atoms with E-state index in [1.165, 1.54) is 27.4 Å². The van der Waals surface area contributed by atoms with Crippen molar-refractivity contribution in [3.05, 3.63) is 120 Å². The molecule has 0 spiro atoms. The normalized spacial score (nSPS) is 11.2. The van der Waals surface area contributed by atoms with E-state index < -0.39 is 0 Å². The summed E-state index contributed by atoms with van der Waals surface area (Å²) in [6, 6.07) is 35.2. The summed E-state index contributed by atoms with van der Waals surface area (Å²) >= 11 is 0. The standard InChI is InChI=1S/C30H28N2O/c1-2-32-28-16-10-9-15-26(28)27-21-24(17-18-29(27)32)22-31(20-19-23-11-5-3-6-12-23)30(33)25-13-7-4-8-14-25/h3-18,21H,2,19-20,22H2,1H3. The van der Waals surface area contributed by atoms with Crippen LogP contribution in [0.4, 0.5) is 0 Å². The Labute approximate surface area is 194 Å². The molecule has 33 heavy (non-hydrogen) atoms. The predicted molar refractivity (Wildman–Crippen MR) is 136 cm³/mol. The highest BCUT2D eigenvalue weighted by atomic mass is 16.2. The smallest absolute Gasteiger partial charge is 0.254 e. The molecular formula is C30H28N2O. The second-order valence-corrected chi connectivity index (χ2v) is 8.44. The maximum absolute atomic E-state index is 13.4. The number of hydrogen-bond acceptors (Lipinski definition) is 1. The first kappa shape index (κ1) is 21.0. The zero-order chi connectivity index (χ0) is 22.6. The highest BCUT2D eigenvalue weighted by molar-refractivity contribution is 6.08. The van der Waals surface area contributed by atoms with Crippen molar-refractivity contribution < 1.29 is 4.79 Å². The minimum atomic E-state index is 0.0719. The second-order valence-electron chi connectivity index (χ2n) is 8.44. The highest BCUT2D eigenvalue weighted by Gasteiger charge is 2.17. The molecule has 0 bridgehead atoms. The van der Waals surface area contributed by atoms with Gasteiger partial charge in [0.05, 0.1) is 0 Å². The van der Waals surface area contributed by atoms with Gasteiger partial charge in [0, 0.05) is 47.0 Å². The number of aromatic nitrogens is 1. The Morgan fingerprint density at radius 2 is 1.39 bits per heavy atom. The number of aryl methyl sites for hydroxylation is 1. The Morgan fingerprint density at radius 1 is 0.727 bits per heavy atom. The van der Waals surface area contributed by atoms with Crippen LogP contribution >= 0.6 is 0 Å². The molecule has 0 fully saturated rings. The lowest BCUT2D eigenvalue weighted by Gasteiger charge is -2.23. The van der Waals surface area contributed by atoms with E-state index in [-0.39, 0.29) is 5.91 Å². The van der Waals surface area contributed by atoms with Gasteiger partial charge >= 0.3 is 0 Å². The van der Waals surface area contributed by atoms with E-state index in [0.717, 1.165) is 24.1 Å². The van der Waals surface area contributed by atoms with Crippen molar-refractivity contribution in [3.63, 3.8) is 0 Å². The molecule has 0 aliphatic heterocycles. The molecule has 164 valence electrons. The third-order valence-electron chi connectivity index (χ3n) is 6.35. The van der Waals surface area contributed by atoms with Gasteiger partial charge in [-0.2, -0.15) is 0 Å². The van der Waals surface area contributed by atoms with E-state index in [0.29, 0.717) is 13.1 Å². The fraction of sp³-hybridized carbons (Fsp3) is 0.167. The SMILES string of the molecule is CCn1c2ccccc2c2cc(CN(CCc3ccccc3)C(=O)c3ccccc3)ccc21. The molecule has 3 nitrogen and oxygen atoms in total. The van der Waals surface area contributed by atoms with Gasteiger partial charge in [-0.05, 0) is 54.8 Å². The summed E-state index contributed by atoms with van der Waals surface area (Å²) in [5, 5.41) is 2.52. The van der Waals surface area contributed by atoms with Gasteiger partial charge in [0.2, 0.25) is 0 Å². The molecule has 5 aromatic rings. The number of amides is 1. The lowest BCUT2D eigenvalue weighted by atomic mass is 10.1. The van der Waals surface area contributed by atoms with Crippen LogP contribution in [0.25, 0.3) is 21.8 Å². The molecule has 3 heteroatoms. The molecule has 0 unspecified atom stereocenters. The summed E-state index contributed by atoms with van der Waals surface area (Å²) in [4.78, 5) is 15.4. The lowest BCUT2D eigenvalue weighted by molar-refractivity contribution is 0.0745. The van der Waals surface area contributed by atoms with Crippen LogP contribution in [0.5, 0.6) is 0 Å². The van der Waals surface area contributed by atoms with Crippen LogP contribution < -0.4 is 0 Å². The lowest BCUT2D eigenvalue weighted by Crippen LogP contribution is -2.32. The van der Waals surface area contributed by atoms with Gasteiger partial charge in [0.25, 0.3) is 5.91 Å². The maximum Gasteiger partial charge on any atom is 0.254 e. The fourth-order valence-corrected chi connectivity index (χ4v) is 4.68. The van der Waals surface area contributed by atoms with Crippen molar-refractivity contribution in [1.82, 2.24) is 9.47 Å². The molecule has 0 atom stereocenters. The summed E-state index contributed by atoms with van der Waals surface area (Å²) in [6.07, 6.45) is 0.830. The van der Waals surface area contributed by atoms with E-state index >= 15 is 0 Å². The fourth-order valence-electron chi connectivity index (χ4n) is 4.68.